The molecule has 1 aliphatic heterocycles. The van der Waals surface area contributed by atoms with Gasteiger partial charge in [-0.05, 0) is 44.4 Å². The Labute approximate surface area is 101 Å². The van der Waals surface area contributed by atoms with E-state index >= 15 is 0 Å². The van der Waals surface area contributed by atoms with E-state index in [0.717, 1.165) is 12.8 Å². The Bertz CT molecular complexity index is 376. The van der Waals surface area contributed by atoms with Gasteiger partial charge in [-0.15, -0.1) is 0 Å². The fraction of sp³-hybridized carbons (Fsp3) is 1.00. The summed E-state index contributed by atoms with van der Waals surface area (Å²) in [6.45, 7) is 0. The third-order valence-corrected chi connectivity index (χ3v) is 7.04. The van der Waals surface area contributed by atoms with Crippen molar-refractivity contribution in [3.63, 3.8) is 0 Å². The van der Waals surface area contributed by atoms with Crippen molar-refractivity contribution in [2.75, 3.05) is 0 Å². The molecule has 0 radical (unpaired) electrons. The van der Waals surface area contributed by atoms with E-state index in [4.69, 9.17) is 15.4 Å². The van der Waals surface area contributed by atoms with Crippen LogP contribution in [0.4, 0.5) is 0 Å². The zero-order valence-corrected chi connectivity index (χ0v) is 10.8. The molecule has 0 amide bonds. The third-order valence-electron chi connectivity index (χ3n) is 4.45. The molecular weight excluding hydrogens is 248 g/mol. The lowest BCUT2D eigenvalue weighted by molar-refractivity contribution is 0.0353. The van der Waals surface area contributed by atoms with Crippen LogP contribution in [0.15, 0.2) is 0 Å². The van der Waals surface area contributed by atoms with Crippen molar-refractivity contribution in [1.29, 1.82) is 0 Å². The predicted octanol–water partition coefficient (Wildman–Crippen LogP) is 2.44. The summed E-state index contributed by atoms with van der Waals surface area (Å²) in [7, 11) is 2.09. The van der Waals surface area contributed by atoms with E-state index in [-0.39, 0.29) is 6.10 Å². The van der Waals surface area contributed by atoms with Gasteiger partial charge in [-0.3, -0.25) is 0 Å². The summed E-state index contributed by atoms with van der Waals surface area (Å²) in [5.41, 5.74) is 0. The summed E-state index contributed by atoms with van der Waals surface area (Å²) in [6, 6.07) is 0. The van der Waals surface area contributed by atoms with Crippen molar-refractivity contribution in [2.45, 2.75) is 61.9 Å². The summed E-state index contributed by atoms with van der Waals surface area (Å²) in [5, 5.41) is 0. The maximum atomic E-state index is 11.5. The molecule has 1 saturated heterocycles. The van der Waals surface area contributed by atoms with Gasteiger partial charge in [-0.25, -0.2) is 8.42 Å². The number of hydrogen-bond donors (Lipinski definition) is 0. The number of ether oxygens (including phenoxy) is 1. The Balaban J connectivity index is 1.65. The van der Waals surface area contributed by atoms with E-state index in [1.807, 2.05) is 0 Å². The average Bonchev–Trinajstić information content (AvgIpc) is 2.64. The molecule has 0 bridgehead atoms. The summed E-state index contributed by atoms with van der Waals surface area (Å²) < 4.78 is 28.2. The van der Waals surface area contributed by atoms with E-state index in [0.29, 0.717) is 31.3 Å². The molecule has 3 atom stereocenters. The van der Waals surface area contributed by atoms with Crippen LogP contribution in [0, 0.1) is 5.92 Å². The molecule has 2 saturated carbocycles. The van der Waals surface area contributed by atoms with Crippen molar-refractivity contribution in [1.82, 2.24) is 0 Å². The molecule has 3 unspecified atom stereocenters. The minimum atomic E-state index is -3.41. The quantitative estimate of drug-likeness (QED) is 0.736. The Kier molecular flexibility index (Phi) is 2.54. The molecule has 0 N–H and O–H groups in total. The zero-order valence-electron chi connectivity index (χ0n) is 9.19. The first-order valence-electron chi connectivity index (χ1n) is 6.10. The second-order valence-corrected chi connectivity index (χ2v) is 8.51. The highest BCUT2D eigenvalue weighted by molar-refractivity contribution is 8.15. The molecule has 0 aromatic heterocycles. The van der Waals surface area contributed by atoms with Crippen LogP contribution in [-0.2, 0) is 13.8 Å². The topological polar surface area (TPSA) is 43.4 Å². The van der Waals surface area contributed by atoms with Crippen molar-refractivity contribution < 1.29 is 13.2 Å². The van der Waals surface area contributed by atoms with Crippen LogP contribution >= 0.6 is 10.7 Å². The molecule has 0 aromatic carbocycles. The van der Waals surface area contributed by atoms with Crippen molar-refractivity contribution in [3.05, 3.63) is 0 Å². The van der Waals surface area contributed by atoms with Gasteiger partial charge in [-0.1, -0.05) is 6.42 Å². The number of halogens is 1. The van der Waals surface area contributed by atoms with Crippen LogP contribution < -0.4 is 0 Å². The molecule has 0 spiro atoms. The Morgan fingerprint density at radius 1 is 1.31 bits per heavy atom. The molecule has 2 aliphatic carbocycles. The minimum absolute atomic E-state index is 0.131. The van der Waals surface area contributed by atoms with Gasteiger partial charge in [0.15, 0.2) is 0 Å². The van der Waals surface area contributed by atoms with Crippen molar-refractivity contribution in [2.24, 2.45) is 5.92 Å². The van der Waals surface area contributed by atoms with Gasteiger partial charge in [0.25, 0.3) is 0 Å². The average molecular weight is 265 g/mol. The summed E-state index contributed by atoms with van der Waals surface area (Å²) >= 11 is 0. The molecule has 5 heteroatoms. The third kappa shape index (κ3) is 1.79. The van der Waals surface area contributed by atoms with Gasteiger partial charge >= 0.3 is 0 Å². The monoisotopic (exact) mass is 264 g/mol. The van der Waals surface area contributed by atoms with Crippen LogP contribution in [0.25, 0.3) is 0 Å². The van der Waals surface area contributed by atoms with Gasteiger partial charge in [0.05, 0.1) is 17.0 Å². The lowest BCUT2D eigenvalue weighted by Gasteiger charge is -2.17. The largest absolute Gasteiger partial charge is 0.375 e. The fourth-order valence-corrected chi connectivity index (χ4v) is 4.95. The number of rotatable bonds is 3. The van der Waals surface area contributed by atoms with Crippen molar-refractivity contribution >= 4 is 19.7 Å². The first-order valence-corrected chi connectivity index (χ1v) is 8.41. The van der Waals surface area contributed by atoms with Gasteiger partial charge in [0.1, 0.15) is 0 Å². The van der Waals surface area contributed by atoms with E-state index in [2.05, 4.69) is 0 Å². The molecule has 3 aliphatic rings. The van der Waals surface area contributed by atoms with Gasteiger partial charge in [-0.2, -0.15) is 0 Å². The minimum Gasteiger partial charge on any atom is -0.375 e. The van der Waals surface area contributed by atoms with Crippen LogP contribution in [0.3, 0.4) is 0 Å². The van der Waals surface area contributed by atoms with Crippen molar-refractivity contribution in [3.8, 4) is 0 Å². The van der Waals surface area contributed by atoms with Gasteiger partial charge in [0.2, 0.25) is 9.05 Å². The lowest BCUT2D eigenvalue weighted by Crippen LogP contribution is -2.25. The first kappa shape index (κ1) is 11.3. The van der Waals surface area contributed by atoms with Gasteiger partial charge in [0, 0.05) is 10.7 Å². The molecule has 16 heavy (non-hydrogen) atoms. The smallest absolute Gasteiger partial charge is 0.238 e. The first-order chi connectivity index (χ1) is 7.50. The standard InChI is InChI=1S/C11H17ClO3S/c12-16(13,14)11(4-5-11)7-9-6-8-2-1-3-10(8)15-9/h8-10H,1-7H2. The molecular formula is C11H17ClO3S. The summed E-state index contributed by atoms with van der Waals surface area (Å²) in [6.07, 6.45) is 7.29. The maximum Gasteiger partial charge on any atom is 0.238 e. The Morgan fingerprint density at radius 3 is 2.62 bits per heavy atom. The fourth-order valence-electron chi connectivity index (χ4n) is 3.33. The highest BCUT2D eigenvalue weighted by atomic mass is 35.7. The highest BCUT2D eigenvalue weighted by Gasteiger charge is 2.56. The molecule has 92 valence electrons. The Hall–Kier alpha value is 0.200. The molecule has 3 fully saturated rings. The van der Waals surface area contributed by atoms with Crippen LogP contribution in [0.2, 0.25) is 0 Å². The van der Waals surface area contributed by atoms with E-state index < -0.39 is 13.8 Å². The second kappa shape index (κ2) is 3.59. The normalized spacial score (nSPS) is 40.9. The Morgan fingerprint density at radius 2 is 2.06 bits per heavy atom. The highest BCUT2D eigenvalue weighted by Crippen LogP contribution is 2.52. The summed E-state index contributed by atoms with van der Waals surface area (Å²) in [5.74, 6) is 0.679. The van der Waals surface area contributed by atoms with Crippen LogP contribution in [0.1, 0.15) is 44.9 Å². The maximum absolute atomic E-state index is 11.5. The SMILES string of the molecule is O=S(=O)(Cl)C1(CC2CC3CCCC3O2)CC1. The van der Waals surface area contributed by atoms with E-state index in [9.17, 15) is 8.42 Å². The summed E-state index contributed by atoms with van der Waals surface area (Å²) in [4.78, 5) is 0. The lowest BCUT2D eigenvalue weighted by atomic mass is 9.99. The van der Waals surface area contributed by atoms with Gasteiger partial charge < -0.3 is 4.74 Å². The molecule has 1 heterocycles. The predicted molar refractivity (Wildman–Crippen MR) is 62.0 cm³/mol. The number of fused-ring (bicyclic) bond motifs is 1. The number of hydrogen-bond acceptors (Lipinski definition) is 3. The van der Waals surface area contributed by atoms with E-state index in [1.165, 1.54) is 12.8 Å². The second-order valence-electron chi connectivity index (χ2n) is 5.55. The van der Waals surface area contributed by atoms with Crippen LogP contribution in [0.5, 0.6) is 0 Å². The zero-order chi connectivity index (χ0) is 11.4. The molecule has 3 nitrogen and oxygen atoms in total. The van der Waals surface area contributed by atoms with E-state index in [1.54, 1.807) is 0 Å². The van der Waals surface area contributed by atoms with Crippen LogP contribution in [-0.4, -0.2) is 25.4 Å². The molecule has 3 rings (SSSR count). The molecule has 0 aromatic rings.